The normalized spacial score (nSPS) is 18.9. The Balaban J connectivity index is 0.00000220. The van der Waals surface area contributed by atoms with Gasteiger partial charge in [-0.1, -0.05) is 41.4 Å². The number of carbonyl (C=O) groups is 1. The van der Waals surface area contributed by atoms with Gasteiger partial charge in [-0.2, -0.15) is 0 Å². The van der Waals surface area contributed by atoms with Crippen LogP contribution in [0, 0.1) is 5.92 Å². The molecule has 6 heteroatoms. The van der Waals surface area contributed by atoms with E-state index in [2.05, 4.69) is 51.7 Å². The van der Waals surface area contributed by atoms with Gasteiger partial charge in [-0.05, 0) is 30.0 Å². The summed E-state index contributed by atoms with van der Waals surface area (Å²) in [5.74, 6) is 2.40. The predicted molar refractivity (Wildman–Crippen MR) is 96.1 cm³/mol. The van der Waals surface area contributed by atoms with Gasteiger partial charge >= 0.3 is 0 Å². The van der Waals surface area contributed by atoms with Crippen LogP contribution in [-0.4, -0.2) is 30.1 Å². The topological polar surface area (TPSA) is 41.1 Å². The first-order chi connectivity index (χ1) is 9.69. The minimum absolute atomic E-state index is 0. The van der Waals surface area contributed by atoms with Gasteiger partial charge in [0, 0.05) is 22.6 Å². The maximum absolute atomic E-state index is 12.0. The highest BCUT2D eigenvalue weighted by molar-refractivity contribution is 9.10. The van der Waals surface area contributed by atoms with Crippen molar-refractivity contribution in [3.63, 3.8) is 0 Å². The molecule has 0 saturated carbocycles. The van der Waals surface area contributed by atoms with Gasteiger partial charge in [-0.15, -0.1) is 24.2 Å². The van der Waals surface area contributed by atoms with Crippen LogP contribution in [0.4, 0.5) is 0 Å². The quantitative estimate of drug-likeness (QED) is 0.779. The molecule has 3 nitrogen and oxygen atoms in total. The molecule has 2 N–H and O–H groups in total. The molecule has 2 rings (SSSR count). The molecule has 2 atom stereocenters. The predicted octanol–water partition coefficient (Wildman–Crippen LogP) is 3.22. The number of amides is 1. The van der Waals surface area contributed by atoms with Crippen LogP contribution in [0.3, 0.4) is 0 Å². The summed E-state index contributed by atoms with van der Waals surface area (Å²) in [7, 11) is 0. The van der Waals surface area contributed by atoms with E-state index in [-0.39, 0.29) is 24.4 Å². The van der Waals surface area contributed by atoms with Crippen molar-refractivity contribution in [2.75, 3.05) is 18.2 Å². The molecule has 1 aliphatic rings. The number of hydrogen-bond acceptors (Lipinski definition) is 3. The number of rotatable bonds is 6. The second kappa shape index (κ2) is 9.72. The summed E-state index contributed by atoms with van der Waals surface area (Å²) in [5.41, 5.74) is 1.31. The lowest BCUT2D eigenvalue weighted by Crippen LogP contribution is -2.43. The molecule has 0 aliphatic carbocycles. The molecule has 2 unspecified atom stereocenters. The zero-order valence-corrected chi connectivity index (χ0v) is 15.3. The van der Waals surface area contributed by atoms with Crippen LogP contribution in [0.2, 0.25) is 0 Å². The Labute approximate surface area is 145 Å². The molecule has 0 radical (unpaired) electrons. The van der Waals surface area contributed by atoms with Crippen molar-refractivity contribution in [3.8, 4) is 0 Å². The van der Waals surface area contributed by atoms with Gasteiger partial charge < -0.3 is 5.32 Å². The number of carbonyl (C=O) groups excluding carboxylic acids is 1. The summed E-state index contributed by atoms with van der Waals surface area (Å²) in [6, 6.07) is 8.38. The lowest BCUT2D eigenvalue weighted by molar-refractivity contribution is -0.122. The van der Waals surface area contributed by atoms with Gasteiger partial charge in [0.1, 0.15) is 0 Å². The summed E-state index contributed by atoms with van der Waals surface area (Å²) in [4.78, 5) is 12.0. The van der Waals surface area contributed by atoms with Crippen molar-refractivity contribution in [1.82, 2.24) is 10.6 Å². The fourth-order valence-electron chi connectivity index (χ4n) is 2.29. The van der Waals surface area contributed by atoms with Gasteiger partial charge in [-0.3, -0.25) is 10.1 Å². The number of benzene rings is 1. The van der Waals surface area contributed by atoms with Crippen LogP contribution < -0.4 is 10.6 Å². The number of halogens is 2. The maximum atomic E-state index is 12.0. The minimum atomic E-state index is -0.0108. The van der Waals surface area contributed by atoms with Crippen molar-refractivity contribution in [2.24, 2.45) is 5.92 Å². The smallest absolute Gasteiger partial charge is 0.238 e. The van der Waals surface area contributed by atoms with E-state index in [0.717, 1.165) is 35.5 Å². The zero-order valence-electron chi connectivity index (χ0n) is 12.1. The number of hydrogen-bond donors (Lipinski definition) is 2. The minimum Gasteiger partial charge on any atom is -0.354 e. The Hall–Kier alpha value is -0.230. The molecule has 1 aromatic rings. The van der Waals surface area contributed by atoms with Crippen LogP contribution in [0.15, 0.2) is 28.7 Å². The molecule has 1 amide bonds. The molecule has 1 heterocycles. The summed E-state index contributed by atoms with van der Waals surface area (Å²) in [5, 5.41) is 6.28. The Bertz CT molecular complexity index is 455. The molecule has 1 fully saturated rings. The highest BCUT2D eigenvalue weighted by atomic mass is 79.9. The first kappa shape index (κ1) is 18.8. The molecule has 1 aliphatic heterocycles. The van der Waals surface area contributed by atoms with E-state index in [1.807, 2.05) is 6.07 Å². The molecule has 0 spiro atoms. The van der Waals surface area contributed by atoms with Gasteiger partial charge in [0.2, 0.25) is 5.91 Å². The molecular weight excluding hydrogens is 372 g/mol. The largest absolute Gasteiger partial charge is 0.354 e. The number of nitrogens with one attached hydrogen (secondary N) is 2. The highest BCUT2D eigenvalue weighted by Crippen LogP contribution is 2.17. The molecule has 118 valence electrons. The summed E-state index contributed by atoms with van der Waals surface area (Å²) >= 11 is 5.28. The average Bonchev–Trinajstić information content (AvgIpc) is 2.97. The van der Waals surface area contributed by atoms with Crippen molar-refractivity contribution in [3.05, 3.63) is 34.3 Å². The van der Waals surface area contributed by atoms with E-state index < -0.39 is 0 Å². The molecule has 0 bridgehead atoms. The highest BCUT2D eigenvalue weighted by Gasteiger charge is 2.22. The van der Waals surface area contributed by atoms with E-state index >= 15 is 0 Å². The van der Waals surface area contributed by atoms with E-state index in [1.165, 1.54) is 5.56 Å². The summed E-state index contributed by atoms with van der Waals surface area (Å²) < 4.78 is 1.11. The van der Waals surface area contributed by atoms with E-state index in [0.29, 0.717) is 5.92 Å². The molecular formula is C15H22BrClN2OS. The Morgan fingerprint density at radius 3 is 3.00 bits per heavy atom. The van der Waals surface area contributed by atoms with Gasteiger partial charge in [0.15, 0.2) is 0 Å². The summed E-state index contributed by atoms with van der Waals surface area (Å²) in [6.45, 7) is 2.93. The SMILES string of the molecule is CCC(CNC(=O)C1CSCN1)Cc1cccc(Br)c1.Cl. The molecule has 1 aromatic carbocycles. The van der Waals surface area contributed by atoms with Crippen molar-refractivity contribution >= 4 is 46.0 Å². The van der Waals surface area contributed by atoms with Gasteiger partial charge in [0.25, 0.3) is 0 Å². The average molecular weight is 394 g/mol. The Kier molecular flexibility index (Phi) is 8.71. The van der Waals surface area contributed by atoms with Crippen molar-refractivity contribution in [1.29, 1.82) is 0 Å². The Morgan fingerprint density at radius 1 is 1.57 bits per heavy atom. The van der Waals surface area contributed by atoms with E-state index in [9.17, 15) is 4.79 Å². The first-order valence-electron chi connectivity index (χ1n) is 7.02. The monoisotopic (exact) mass is 392 g/mol. The van der Waals surface area contributed by atoms with E-state index in [4.69, 9.17) is 0 Å². The van der Waals surface area contributed by atoms with Crippen LogP contribution in [0.25, 0.3) is 0 Å². The van der Waals surface area contributed by atoms with Crippen molar-refractivity contribution < 1.29 is 4.79 Å². The third kappa shape index (κ3) is 6.19. The standard InChI is InChI=1S/C15H21BrN2OS.ClH/c1-2-11(6-12-4-3-5-13(16)7-12)8-17-15(19)14-9-20-10-18-14;/h3-5,7,11,14,18H,2,6,8-10H2,1H3,(H,17,19);1H. The third-order valence-electron chi connectivity index (χ3n) is 3.59. The number of thioether (sulfide) groups is 1. The zero-order chi connectivity index (χ0) is 14.4. The van der Waals surface area contributed by atoms with E-state index in [1.54, 1.807) is 11.8 Å². The Morgan fingerprint density at radius 2 is 2.38 bits per heavy atom. The van der Waals surface area contributed by atoms with Crippen LogP contribution >= 0.6 is 40.1 Å². The van der Waals surface area contributed by atoms with Gasteiger partial charge in [-0.25, -0.2) is 0 Å². The van der Waals surface area contributed by atoms with Crippen molar-refractivity contribution in [2.45, 2.75) is 25.8 Å². The fourth-order valence-corrected chi connectivity index (χ4v) is 3.68. The second-order valence-electron chi connectivity index (χ2n) is 5.13. The maximum Gasteiger partial charge on any atom is 0.238 e. The van der Waals surface area contributed by atoms with Crippen LogP contribution in [0.5, 0.6) is 0 Å². The van der Waals surface area contributed by atoms with Gasteiger partial charge in [0.05, 0.1) is 6.04 Å². The molecule has 1 saturated heterocycles. The van der Waals surface area contributed by atoms with Crippen LogP contribution in [-0.2, 0) is 11.2 Å². The second-order valence-corrected chi connectivity index (χ2v) is 7.07. The lowest BCUT2D eigenvalue weighted by atomic mass is 9.97. The summed E-state index contributed by atoms with van der Waals surface area (Å²) in [6.07, 6.45) is 2.07. The molecule has 21 heavy (non-hydrogen) atoms. The molecule has 0 aromatic heterocycles. The first-order valence-corrected chi connectivity index (χ1v) is 8.97. The third-order valence-corrected chi connectivity index (χ3v) is 5.02. The lowest BCUT2D eigenvalue weighted by Gasteiger charge is -2.17. The van der Waals surface area contributed by atoms with Crippen LogP contribution in [0.1, 0.15) is 18.9 Å². The fraction of sp³-hybridized carbons (Fsp3) is 0.533.